The maximum Gasteiger partial charge on any atom is 0.303 e. The second-order valence-corrected chi connectivity index (χ2v) is 11.7. The Morgan fingerprint density at radius 1 is 0.714 bits per heavy atom. The second-order valence-electron chi connectivity index (χ2n) is 11.4. The lowest BCUT2D eigenvalue weighted by Gasteiger charge is -2.36. The number of hydrogen-bond donors (Lipinski definition) is 0. The molecule has 0 aromatic heterocycles. The number of ether oxygens (including phenoxy) is 2. The van der Waals surface area contributed by atoms with Gasteiger partial charge >= 0.3 is 11.9 Å². The van der Waals surface area contributed by atoms with Crippen molar-refractivity contribution in [3.05, 3.63) is 101 Å². The van der Waals surface area contributed by atoms with Crippen molar-refractivity contribution in [1.29, 1.82) is 0 Å². The zero-order valence-electron chi connectivity index (χ0n) is 24.3. The summed E-state index contributed by atoms with van der Waals surface area (Å²) in [5.74, 6) is -0.104. The number of esters is 2. The van der Waals surface area contributed by atoms with Crippen LogP contribution in [0.5, 0.6) is 0 Å². The highest BCUT2D eigenvalue weighted by atomic mass is 35.5. The third-order valence-corrected chi connectivity index (χ3v) is 8.48. The highest BCUT2D eigenvalue weighted by Gasteiger charge is 2.48. The molecular formula is C34H38ClFN2O4. The molecule has 1 aliphatic heterocycles. The highest BCUT2D eigenvalue weighted by Crippen LogP contribution is 2.50. The molecule has 2 aliphatic carbocycles. The lowest BCUT2D eigenvalue weighted by Crippen LogP contribution is -2.45. The van der Waals surface area contributed by atoms with Crippen LogP contribution in [-0.4, -0.2) is 43.0 Å². The van der Waals surface area contributed by atoms with Crippen LogP contribution in [0.4, 0.5) is 10.1 Å². The topological polar surface area (TPSA) is 59.1 Å². The van der Waals surface area contributed by atoms with Gasteiger partial charge in [0, 0.05) is 58.1 Å². The molecule has 3 fully saturated rings. The van der Waals surface area contributed by atoms with E-state index >= 15 is 0 Å². The number of hydrogen-bond acceptors (Lipinski definition) is 6. The molecule has 8 heteroatoms. The molecule has 0 unspecified atom stereocenters. The number of benzene rings is 3. The van der Waals surface area contributed by atoms with Crippen LogP contribution >= 0.6 is 11.6 Å². The van der Waals surface area contributed by atoms with Crippen LogP contribution in [-0.2, 0) is 42.7 Å². The summed E-state index contributed by atoms with van der Waals surface area (Å²) in [6.45, 7) is 7.69. The molecule has 1 saturated heterocycles. The van der Waals surface area contributed by atoms with Gasteiger partial charge in [0.05, 0.1) is 0 Å². The van der Waals surface area contributed by atoms with E-state index in [1.807, 2.05) is 36.4 Å². The molecule has 0 radical (unpaired) electrons. The van der Waals surface area contributed by atoms with E-state index < -0.39 is 0 Å². The van der Waals surface area contributed by atoms with E-state index in [0.29, 0.717) is 5.88 Å². The predicted molar refractivity (Wildman–Crippen MR) is 162 cm³/mol. The van der Waals surface area contributed by atoms with Gasteiger partial charge in [0.2, 0.25) is 0 Å². The van der Waals surface area contributed by atoms with Crippen molar-refractivity contribution in [2.75, 3.05) is 31.1 Å². The quantitative estimate of drug-likeness (QED) is 0.215. The molecule has 0 spiro atoms. The van der Waals surface area contributed by atoms with Crippen LogP contribution in [0.25, 0.3) is 0 Å². The highest BCUT2D eigenvalue weighted by molar-refractivity contribution is 6.17. The number of alkyl halides is 1. The first-order valence-electron chi connectivity index (χ1n) is 14.6. The number of carbonyl (C=O) groups is 2. The molecule has 3 aromatic rings. The molecule has 6 nitrogen and oxygen atoms in total. The zero-order chi connectivity index (χ0) is 29.7. The van der Waals surface area contributed by atoms with Crippen molar-refractivity contribution < 1.29 is 23.5 Å². The van der Waals surface area contributed by atoms with Crippen LogP contribution in [0, 0.1) is 5.82 Å². The van der Waals surface area contributed by atoms with Crippen LogP contribution in [0.2, 0.25) is 0 Å². The van der Waals surface area contributed by atoms with Gasteiger partial charge in [-0.25, -0.2) is 4.39 Å². The lowest BCUT2D eigenvalue weighted by molar-refractivity contribution is -0.150. The smallest absolute Gasteiger partial charge is 0.303 e. The Bertz CT molecular complexity index is 1360. The molecule has 2 saturated carbocycles. The molecule has 3 aliphatic rings. The third kappa shape index (κ3) is 7.50. The number of halogens is 2. The summed E-state index contributed by atoms with van der Waals surface area (Å²) in [7, 11) is 0. The lowest BCUT2D eigenvalue weighted by atomic mass is 10.0. The Morgan fingerprint density at radius 2 is 1.17 bits per heavy atom. The Balaban J connectivity index is 0.000000199. The molecule has 0 bridgehead atoms. The third-order valence-electron chi connectivity index (χ3n) is 8.17. The largest absolute Gasteiger partial charge is 0.454 e. The average molecular weight is 593 g/mol. The van der Waals surface area contributed by atoms with Gasteiger partial charge in [0.1, 0.15) is 17.0 Å². The van der Waals surface area contributed by atoms with Gasteiger partial charge in [-0.1, -0.05) is 48.5 Å². The Morgan fingerprint density at radius 3 is 1.57 bits per heavy atom. The molecule has 3 aromatic carbocycles. The standard InChI is InChI=1S/C22H25FN2O2.C12H13ClO2/c1-17(26)27-22(10-11-22)19-4-2-18(3-5-19)16-24-12-14-25(15-13-24)21-8-6-20(23)7-9-21;1-9(14)15-12(6-7-12)11-4-2-10(8-13)3-5-11/h2-9H,10-16H2,1H3;2-5H,6-8H2,1H3. The number of anilines is 1. The summed E-state index contributed by atoms with van der Waals surface area (Å²) in [6, 6.07) is 23.2. The summed E-state index contributed by atoms with van der Waals surface area (Å²) >= 11 is 5.71. The molecule has 222 valence electrons. The van der Waals surface area contributed by atoms with Crippen LogP contribution < -0.4 is 4.90 Å². The van der Waals surface area contributed by atoms with Crippen molar-refractivity contribution in [1.82, 2.24) is 4.90 Å². The first-order chi connectivity index (χ1) is 20.2. The first-order valence-corrected chi connectivity index (χ1v) is 15.1. The van der Waals surface area contributed by atoms with Crippen molar-refractivity contribution in [3.8, 4) is 0 Å². The van der Waals surface area contributed by atoms with E-state index in [1.165, 1.54) is 31.5 Å². The molecule has 6 rings (SSSR count). The van der Waals surface area contributed by atoms with E-state index in [9.17, 15) is 14.0 Å². The van der Waals surface area contributed by atoms with Gasteiger partial charge in [-0.2, -0.15) is 0 Å². The van der Waals surface area contributed by atoms with Crippen molar-refractivity contribution in [2.24, 2.45) is 0 Å². The average Bonchev–Trinajstić information content (AvgIpc) is 3.92. The Kier molecular flexibility index (Phi) is 9.19. The Labute approximate surface area is 252 Å². The number of piperazine rings is 1. The number of nitrogens with zero attached hydrogens (tertiary/aromatic N) is 2. The van der Waals surface area contributed by atoms with Crippen molar-refractivity contribution in [2.45, 2.75) is 63.2 Å². The van der Waals surface area contributed by atoms with Crippen LogP contribution in [0.1, 0.15) is 61.8 Å². The first kappa shape index (κ1) is 30.1. The second kappa shape index (κ2) is 12.8. The summed E-state index contributed by atoms with van der Waals surface area (Å²) in [5.41, 5.74) is 4.91. The molecule has 42 heavy (non-hydrogen) atoms. The normalized spacial score (nSPS) is 18.3. The maximum absolute atomic E-state index is 13.1. The summed E-state index contributed by atoms with van der Waals surface area (Å²) in [5, 5.41) is 0. The van der Waals surface area contributed by atoms with Gasteiger partial charge in [0.25, 0.3) is 0 Å². The fourth-order valence-corrected chi connectivity index (χ4v) is 5.74. The monoisotopic (exact) mass is 592 g/mol. The Hall–Kier alpha value is -3.42. The van der Waals surface area contributed by atoms with Gasteiger partial charge < -0.3 is 14.4 Å². The molecule has 1 heterocycles. The van der Waals surface area contributed by atoms with Crippen LogP contribution in [0.15, 0.2) is 72.8 Å². The molecule has 0 atom stereocenters. The maximum atomic E-state index is 13.1. The van der Waals surface area contributed by atoms with Gasteiger partial charge in [-0.05, 0) is 72.2 Å². The predicted octanol–water partition coefficient (Wildman–Crippen LogP) is 6.68. The van der Waals surface area contributed by atoms with E-state index in [2.05, 4.69) is 34.1 Å². The minimum atomic E-state index is -0.370. The van der Waals surface area contributed by atoms with E-state index in [4.69, 9.17) is 21.1 Å². The minimum absolute atomic E-state index is 0.192. The van der Waals surface area contributed by atoms with Crippen molar-refractivity contribution >= 4 is 29.2 Å². The van der Waals surface area contributed by atoms with Crippen LogP contribution in [0.3, 0.4) is 0 Å². The SMILES string of the molecule is CC(=O)OC1(c2ccc(CCl)cc2)CC1.CC(=O)OC1(c2ccc(CN3CCN(c4ccc(F)cc4)CC3)cc2)CC1. The zero-order valence-corrected chi connectivity index (χ0v) is 25.0. The van der Waals surface area contributed by atoms with E-state index in [0.717, 1.165) is 80.8 Å². The fourth-order valence-electron chi connectivity index (χ4n) is 5.56. The van der Waals surface area contributed by atoms with Gasteiger partial charge in [-0.3, -0.25) is 14.5 Å². The van der Waals surface area contributed by atoms with Gasteiger partial charge in [-0.15, -0.1) is 11.6 Å². The minimum Gasteiger partial charge on any atom is -0.454 e. The van der Waals surface area contributed by atoms with E-state index in [1.54, 1.807) is 0 Å². The molecular weight excluding hydrogens is 555 g/mol. The summed E-state index contributed by atoms with van der Waals surface area (Å²) < 4.78 is 23.9. The fraction of sp³-hybridized carbons (Fsp3) is 0.412. The van der Waals surface area contributed by atoms with E-state index in [-0.39, 0.29) is 29.0 Å². The summed E-state index contributed by atoms with van der Waals surface area (Å²) in [4.78, 5) is 27.0. The number of carbonyl (C=O) groups excluding carboxylic acids is 2. The molecule has 0 amide bonds. The summed E-state index contributed by atoms with van der Waals surface area (Å²) in [6.07, 6.45) is 3.67. The molecule has 0 N–H and O–H groups in total. The van der Waals surface area contributed by atoms with Gasteiger partial charge in [0.15, 0.2) is 0 Å². The number of rotatable bonds is 8. The van der Waals surface area contributed by atoms with Crippen molar-refractivity contribution in [3.63, 3.8) is 0 Å².